The number of nitrogens with one attached hydrogen (secondary N) is 1. The molecule has 1 aliphatic heterocycles. The quantitative estimate of drug-likeness (QED) is 0.764. The van der Waals surface area contributed by atoms with Crippen LogP contribution in [0.5, 0.6) is 0 Å². The Bertz CT molecular complexity index is 988. The van der Waals surface area contributed by atoms with Crippen molar-refractivity contribution < 1.29 is 4.79 Å². The number of thiophene rings is 1. The highest BCUT2D eigenvalue weighted by atomic mass is 35.5. The molecule has 3 aromatic rings. The van der Waals surface area contributed by atoms with E-state index < -0.39 is 0 Å². The number of carbonyl (C=O) groups excluding carboxylic acids is 1. The van der Waals surface area contributed by atoms with E-state index in [4.69, 9.17) is 11.6 Å². The van der Waals surface area contributed by atoms with E-state index in [1.165, 1.54) is 11.3 Å². The highest BCUT2D eigenvalue weighted by molar-refractivity contribution is 7.17. The van der Waals surface area contributed by atoms with Gasteiger partial charge < -0.3 is 9.88 Å². The number of hydrogen-bond acceptors (Lipinski definition) is 4. The molecule has 0 spiro atoms. The topological polar surface area (TPSA) is 66.1 Å². The molecule has 25 heavy (non-hydrogen) atoms. The number of rotatable bonds is 3. The van der Waals surface area contributed by atoms with Crippen LogP contribution in [0.25, 0.3) is 21.3 Å². The molecular weight excluding hydrogens is 358 g/mol. The first-order valence-corrected chi connectivity index (χ1v) is 9.42. The van der Waals surface area contributed by atoms with Gasteiger partial charge in [0.05, 0.1) is 11.8 Å². The Labute approximate surface area is 153 Å². The third-order valence-corrected chi connectivity index (χ3v) is 5.55. The molecule has 4 rings (SSSR count). The van der Waals surface area contributed by atoms with Crippen LogP contribution in [0.15, 0.2) is 34.4 Å². The molecule has 3 heterocycles. The first-order valence-electron chi connectivity index (χ1n) is 8.16. The highest BCUT2D eigenvalue weighted by Gasteiger charge is 2.20. The Hall–Kier alpha value is -2.18. The molecule has 1 aliphatic rings. The Morgan fingerprint density at radius 3 is 2.68 bits per heavy atom. The maximum atomic E-state index is 12.6. The number of amides is 1. The normalized spacial score (nSPS) is 14.4. The van der Waals surface area contributed by atoms with Crippen LogP contribution in [0, 0.1) is 0 Å². The zero-order chi connectivity index (χ0) is 17.4. The third-order valence-electron chi connectivity index (χ3n) is 4.43. The maximum absolute atomic E-state index is 12.6. The van der Waals surface area contributed by atoms with Crippen molar-refractivity contribution in [3.05, 3.63) is 50.8 Å². The average molecular weight is 374 g/mol. The Morgan fingerprint density at radius 2 is 1.96 bits per heavy atom. The predicted molar refractivity (Wildman–Crippen MR) is 100 cm³/mol. The first kappa shape index (κ1) is 16.3. The lowest BCUT2D eigenvalue weighted by Crippen LogP contribution is -2.30. The second kappa shape index (κ2) is 6.61. The SMILES string of the molecule is O=C(Cc1nc2scc(-c3ccc(Cl)cc3)c2c(=O)[nH]1)N1CCCC1. The highest BCUT2D eigenvalue weighted by Crippen LogP contribution is 2.31. The van der Waals surface area contributed by atoms with Gasteiger partial charge in [0.1, 0.15) is 10.7 Å². The van der Waals surface area contributed by atoms with Crippen LogP contribution >= 0.6 is 22.9 Å². The number of carbonyl (C=O) groups is 1. The number of halogens is 1. The van der Waals surface area contributed by atoms with Gasteiger partial charge in [-0.05, 0) is 30.5 Å². The lowest BCUT2D eigenvalue weighted by atomic mass is 10.1. The van der Waals surface area contributed by atoms with Crippen molar-refractivity contribution in [1.29, 1.82) is 0 Å². The average Bonchev–Trinajstić information content (AvgIpc) is 3.25. The van der Waals surface area contributed by atoms with Crippen LogP contribution in [-0.4, -0.2) is 33.9 Å². The van der Waals surface area contributed by atoms with Gasteiger partial charge in [-0.25, -0.2) is 4.98 Å². The van der Waals surface area contributed by atoms with Crippen molar-refractivity contribution in [2.24, 2.45) is 0 Å². The zero-order valence-corrected chi connectivity index (χ0v) is 15.0. The summed E-state index contributed by atoms with van der Waals surface area (Å²) in [4.78, 5) is 34.6. The molecule has 1 aromatic carbocycles. The monoisotopic (exact) mass is 373 g/mol. The second-order valence-electron chi connectivity index (χ2n) is 6.11. The van der Waals surface area contributed by atoms with Crippen molar-refractivity contribution in [3.63, 3.8) is 0 Å². The van der Waals surface area contributed by atoms with E-state index in [2.05, 4.69) is 9.97 Å². The fraction of sp³-hybridized carbons (Fsp3) is 0.278. The second-order valence-corrected chi connectivity index (χ2v) is 7.41. The van der Waals surface area contributed by atoms with Crippen LogP contribution in [0.3, 0.4) is 0 Å². The summed E-state index contributed by atoms with van der Waals surface area (Å²) in [5.41, 5.74) is 1.55. The molecule has 1 amide bonds. The molecule has 1 N–H and O–H groups in total. The van der Waals surface area contributed by atoms with Gasteiger partial charge in [-0.2, -0.15) is 0 Å². The van der Waals surface area contributed by atoms with Crippen LogP contribution in [0.1, 0.15) is 18.7 Å². The molecule has 1 fully saturated rings. The van der Waals surface area contributed by atoms with E-state index in [0.29, 0.717) is 21.1 Å². The fourth-order valence-corrected chi connectivity index (χ4v) is 4.23. The number of benzene rings is 1. The zero-order valence-electron chi connectivity index (χ0n) is 13.4. The molecule has 0 saturated carbocycles. The van der Waals surface area contributed by atoms with E-state index >= 15 is 0 Å². The Kier molecular flexibility index (Phi) is 4.31. The van der Waals surface area contributed by atoms with Gasteiger partial charge in [-0.3, -0.25) is 9.59 Å². The molecule has 128 valence electrons. The van der Waals surface area contributed by atoms with Gasteiger partial charge in [0.15, 0.2) is 0 Å². The van der Waals surface area contributed by atoms with Gasteiger partial charge >= 0.3 is 0 Å². The summed E-state index contributed by atoms with van der Waals surface area (Å²) in [5, 5.41) is 3.13. The standard InChI is InChI=1S/C18H16ClN3O2S/c19-12-5-3-11(4-6-12)13-10-25-18-16(13)17(24)20-14(21-18)9-15(23)22-7-1-2-8-22/h3-6,10H,1-2,7-9H2,(H,20,21,24). The molecule has 0 atom stereocenters. The van der Waals surface area contributed by atoms with Gasteiger partial charge in [-0.1, -0.05) is 23.7 Å². The van der Waals surface area contributed by atoms with Gasteiger partial charge in [-0.15, -0.1) is 11.3 Å². The lowest BCUT2D eigenvalue weighted by Gasteiger charge is -2.14. The van der Waals surface area contributed by atoms with Crippen LogP contribution in [-0.2, 0) is 11.2 Å². The van der Waals surface area contributed by atoms with Crippen molar-refractivity contribution in [3.8, 4) is 11.1 Å². The third kappa shape index (κ3) is 3.19. The molecular formula is C18H16ClN3O2S. The summed E-state index contributed by atoms with van der Waals surface area (Å²) in [6.45, 7) is 1.59. The van der Waals surface area contributed by atoms with E-state index in [1.807, 2.05) is 22.4 Å². The van der Waals surface area contributed by atoms with Crippen molar-refractivity contribution in [2.75, 3.05) is 13.1 Å². The Morgan fingerprint density at radius 1 is 1.24 bits per heavy atom. The maximum Gasteiger partial charge on any atom is 0.260 e. The number of hydrogen-bond donors (Lipinski definition) is 1. The van der Waals surface area contributed by atoms with E-state index in [1.54, 1.807) is 12.1 Å². The Balaban J connectivity index is 1.68. The summed E-state index contributed by atoms with van der Waals surface area (Å²) < 4.78 is 0. The van der Waals surface area contributed by atoms with Gasteiger partial charge in [0.25, 0.3) is 5.56 Å². The van der Waals surface area contributed by atoms with Crippen molar-refractivity contribution in [2.45, 2.75) is 19.3 Å². The van der Waals surface area contributed by atoms with Crippen LogP contribution in [0.2, 0.25) is 5.02 Å². The van der Waals surface area contributed by atoms with Crippen LogP contribution in [0.4, 0.5) is 0 Å². The number of nitrogens with zero attached hydrogens (tertiary/aromatic N) is 2. The molecule has 7 heteroatoms. The summed E-state index contributed by atoms with van der Waals surface area (Å²) in [6, 6.07) is 7.36. The minimum Gasteiger partial charge on any atom is -0.342 e. The van der Waals surface area contributed by atoms with Crippen molar-refractivity contribution >= 4 is 39.1 Å². The summed E-state index contributed by atoms with van der Waals surface area (Å²) in [6.07, 6.45) is 2.23. The van der Waals surface area contributed by atoms with E-state index in [9.17, 15) is 9.59 Å². The summed E-state index contributed by atoms with van der Waals surface area (Å²) in [5.74, 6) is 0.452. The number of aromatic nitrogens is 2. The summed E-state index contributed by atoms with van der Waals surface area (Å²) in [7, 11) is 0. The summed E-state index contributed by atoms with van der Waals surface area (Å²) >= 11 is 7.34. The lowest BCUT2D eigenvalue weighted by molar-refractivity contribution is -0.129. The smallest absolute Gasteiger partial charge is 0.260 e. The number of H-pyrrole nitrogens is 1. The van der Waals surface area contributed by atoms with Gasteiger partial charge in [0.2, 0.25) is 5.91 Å². The van der Waals surface area contributed by atoms with Crippen molar-refractivity contribution in [1.82, 2.24) is 14.9 Å². The van der Waals surface area contributed by atoms with E-state index in [0.717, 1.165) is 37.1 Å². The fourth-order valence-electron chi connectivity index (χ4n) is 3.14. The molecule has 1 saturated heterocycles. The largest absolute Gasteiger partial charge is 0.342 e. The first-order chi connectivity index (χ1) is 12.1. The molecule has 5 nitrogen and oxygen atoms in total. The molecule has 2 aromatic heterocycles. The minimum absolute atomic E-state index is 0.0227. The number of aromatic amines is 1. The minimum atomic E-state index is -0.208. The van der Waals surface area contributed by atoms with E-state index in [-0.39, 0.29) is 17.9 Å². The number of likely N-dealkylation sites (tertiary alicyclic amines) is 1. The van der Waals surface area contributed by atoms with Gasteiger partial charge in [0, 0.05) is 29.1 Å². The molecule has 0 bridgehead atoms. The molecule has 0 unspecified atom stereocenters. The predicted octanol–water partition coefficient (Wildman–Crippen LogP) is 3.47. The molecule has 0 radical (unpaired) electrons. The molecule has 0 aliphatic carbocycles. The number of fused-ring (bicyclic) bond motifs is 1. The van der Waals surface area contributed by atoms with Crippen LogP contribution < -0.4 is 5.56 Å².